The van der Waals surface area contributed by atoms with Crippen molar-refractivity contribution in [1.29, 1.82) is 0 Å². The number of benzene rings is 1. The van der Waals surface area contributed by atoms with Crippen molar-refractivity contribution in [3.8, 4) is 5.75 Å². The largest absolute Gasteiger partial charge is 0.483 e. The SMILES string of the molecule is CCC1(C)C(O)CC1Oc1cccc(C)c1[N+](=O)[O-]. The van der Waals surface area contributed by atoms with Crippen molar-refractivity contribution in [3.63, 3.8) is 0 Å². The maximum atomic E-state index is 11.1. The van der Waals surface area contributed by atoms with Crippen molar-refractivity contribution in [2.75, 3.05) is 0 Å². The average Bonchev–Trinajstić information content (AvgIpc) is 2.37. The van der Waals surface area contributed by atoms with Crippen molar-refractivity contribution >= 4 is 5.69 Å². The van der Waals surface area contributed by atoms with E-state index in [1.807, 2.05) is 13.8 Å². The lowest BCUT2D eigenvalue weighted by Gasteiger charge is -2.50. The Kier molecular flexibility index (Phi) is 3.49. The van der Waals surface area contributed by atoms with E-state index in [1.165, 1.54) is 0 Å². The molecule has 0 aromatic heterocycles. The minimum Gasteiger partial charge on any atom is -0.483 e. The van der Waals surface area contributed by atoms with Crippen LogP contribution in [0, 0.1) is 22.5 Å². The zero-order chi connectivity index (χ0) is 14.2. The summed E-state index contributed by atoms with van der Waals surface area (Å²) in [7, 11) is 0. The highest BCUT2D eigenvalue weighted by Gasteiger charge is 2.52. The van der Waals surface area contributed by atoms with Gasteiger partial charge in [0.15, 0.2) is 5.75 Å². The van der Waals surface area contributed by atoms with E-state index < -0.39 is 11.0 Å². The molecular formula is C14H19NO4. The van der Waals surface area contributed by atoms with E-state index in [0.29, 0.717) is 17.7 Å². The Hall–Kier alpha value is -1.62. The molecule has 0 heterocycles. The van der Waals surface area contributed by atoms with Gasteiger partial charge in [-0.3, -0.25) is 10.1 Å². The van der Waals surface area contributed by atoms with Gasteiger partial charge in [-0.25, -0.2) is 0 Å². The Morgan fingerprint density at radius 2 is 2.26 bits per heavy atom. The van der Waals surface area contributed by atoms with Crippen LogP contribution in [0.25, 0.3) is 0 Å². The third kappa shape index (κ3) is 2.18. The maximum absolute atomic E-state index is 11.1. The van der Waals surface area contributed by atoms with Gasteiger partial charge in [0, 0.05) is 17.4 Å². The predicted octanol–water partition coefficient (Wildman–Crippen LogP) is 2.83. The molecule has 5 nitrogen and oxygen atoms in total. The van der Waals surface area contributed by atoms with E-state index in [2.05, 4.69) is 0 Å². The van der Waals surface area contributed by atoms with Crippen LogP contribution in [0.4, 0.5) is 5.69 Å². The molecule has 1 aromatic rings. The van der Waals surface area contributed by atoms with Gasteiger partial charge in [0.2, 0.25) is 0 Å². The number of rotatable bonds is 4. The summed E-state index contributed by atoms with van der Waals surface area (Å²) in [5, 5.41) is 20.9. The predicted molar refractivity (Wildman–Crippen MR) is 71.3 cm³/mol. The van der Waals surface area contributed by atoms with Crippen molar-refractivity contribution in [2.24, 2.45) is 5.41 Å². The molecule has 0 radical (unpaired) electrons. The Morgan fingerprint density at radius 3 is 2.79 bits per heavy atom. The molecule has 1 saturated carbocycles. The lowest BCUT2D eigenvalue weighted by Crippen LogP contribution is -2.57. The number of nitro groups is 1. The lowest BCUT2D eigenvalue weighted by molar-refractivity contribution is -0.387. The quantitative estimate of drug-likeness (QED) is 0.671. The molecular weight excluding hydrogens is 246 g/mol. The maximum Gasteiger partial charge on any atom is 0.313 e. The van der Waals surface area contributed by atoms with Crippen LogP contribution in [0.5, 0.6) is 5.75 Å². The Bertz CT molecular complexity index is 502. The smallest absolute Gasteiger partial charge is 0.313 e. The molecule has 3 atom stereocenters. The van der Waals surface area contributed by atoms with Gasteiger partial charge in [0.05, 0.1) is 11.0 Å². The number of nitro benzene ring substituents is 1. The zero-order valence-corrected chi connectivity index (χ0v) is 11.4. The molecule has 1 N–H and O–H groups in total. The highest BCUT2D eigenvalue weighted by Crippen LogP contribution is 2.47. The zero-order valence-electron chi connectivity index (χ0n) is 11.4. The first-order chi connectivity index (χ1) is 8.90. The van der Waals surface area contributed by atoms with Crippen LogP contribution in [-0.2, 0) is 0 Å². The second kappa shape index (κ2) is 4.81. The van der Waals surface area contributed by atoms with Gasteiger partial charge in [-0.15, -0.1) is 0 Å². The van der Waals surface area contributed by atoms with Crippen LogP contribution in [0.1, 0.15) is 32.3 Å². The topological polar surface area (TPSA) is 72.6 Å². The first kappa shape index (κ1) is 13.8. The molecule has 1 aliphatic rings. The Balaban J connectivity index is 2.26. The van der Waals surface area contributed by atoms with Gasteiger partial charge < -0.3 is 9.84 Å². The van der Waals surface area contributed by atoms with Crippen LogP contribution in [0.15, 0.2) is 18.2 Å². The van der Waals surface area contributed by atoms with Crippen molar-refractivity contribution in [1.82, 2.24) is 0 Å². The van der Waals surface area contributed by atoms with E-state index in [1.54, 1.807) is 25.1 Å². The summed E-state index contributed by atoms with van der Waals surface area (Å²) in [5.74, 6) is 0.293. The number of aliphatic hydroxyl groups is 1. The molecule has 1 aromatic carbocycles. The molecule has 1 fully saturated rings. The summed E-state index contributed by atoms with van der Waals surface area (Å²) in [4.78, 5) is 10.7. The molecule has 0 aliphatic heterocycles. The number of hydrogen-bond donors (Lipinski definition) is 1. The number of aryl methyl sites for hydroxylation is 1. The Labute approximate surface area is 112 Å². The van der Waals surface area contributed by atoms with Crippen LogP contribution >= 0.6 is 0 Å². The lowest BCUT2D eigenvalue weighted by atomic mass is 9.63. The molecule has 0 saturated heterocycles. The van der Waals surface area contributed by atoms with E-state index in [-0.39, 0.29) is 17.2 Å². The fourth-order valence-electron chi connectivity index (χ4n) is 2.56. The molecule has 19 heavy (non-hydrogen) atoms. The summed E-state index contributed by atoms with van der Waals surface area (Å²) < 4.78 is 5.80. The number of aliphatic hydroxyl groups excluding tert-OH is 1. The van der Waals surface area contributed by atoms with Gasteiger partial charge in [-0.2, -0.15) is 0 Å². The van der Waals surface area contributed by atoms with Crippen LogP contribution in [0.2, 0.25) is 0 Å². The highest BCUT2D eigenvalue weighted by atomic mass is 16.6. The molecule has 0 amide bonds. The minimum absolute atomic E-state index is 0.0161. The van der Waals surface area contributed by atoms with Crippen molar-refractivity contribution in [3.05, 3.63) is 33.9 Å². The molecule has 3 unspecified atom stereocenters. The molecule has 2 rings (SSSR count). The highest BCUT2D eigenvalue weighted by molar-refractivity contribution is 5.52. The van der Waals surface area contributed by atoms with Gasteiger partial charge in [-0.1, -0.05) is 26.0 Å². The second-order valence-corrected chi connectivity index (χ2v) is 5.40. The number of hydrogen-bond acceptors (Lipinski definition) is 4. The van der Waals surface area contributed by atoms with E-state index >= 15 is 0 Å². The fourth-order valence-corrected chi connectivity index (χ4v) is 2.56. The minimum atomic E-state index is -0.414. The first-order valence-corrected chi connectivity index (χ1v) is 6.49. The summed E-state index contributed by atoms with van der Waals surface area (Å²) in [5.41, 5.74) is 0.278. The van der Waals surface area contributed by atoms with E-state index in [4.69, 9.17) is 4.74 Å². The van der Waals surface area contributed by atoms with Gasteiger partial charge in [-0.05, 0) is 19.4 Å². The summed E-state index contributed by atoms with van der Waals surface area (Å²) in [6.07, 6.45) is 0.729. The van der Waals surface area contributed by atoms with Crippen molar-refractivity contribution < 1.29 is 14.8 Å². The standard InChI is InChI=1S/C14H19NO4/c1-4-14(3)11(16)8-12(14)19-10-7-5-6-9(2)13(10)15(17)18/h5-7,11-12,16H,4,8H2,1-3H3. The molecule has 5 heteroatoms. The molecule has 104 valence electrons. The average molecular weight is 265 g/mol. The number of para-hydroxylation sites is 1. The number of ether oxygens (including phenoxy) is 1. The molecule has 1 aliphatic carbocycles. The summed E-state index contributed by atoms with van der Waals surface area (Å²) >= 11 is 0. The van der Waals surface area contributed by atoms with Gasteiger partial charge in [0.1, 0.15) is 6.10 Å². The van der Waals surface area contributed by atoms with Crippen LogP contribution < -0.4 is 4.74 Å². The molecule has 0 bridgehead atoms. The monoisotopic (exact) mass is 265 g/mol. The third-order valence-electron chi connectivity index (χ3n) is 4.35. The van der Waals surface area contributed by atoms with Gasteiger partial charge >= 0.3 is 5.69 Å². The second-order valence-electron chi connectivity index (χ2n) is 5.40. The molecule has 0 spiro atoms. The third-order valence-corrected chi connectivity index (χ3v) is 4.35. The van der Waals surface area contributed by atoms with E-state index in [0.717, 1.165) is 6.42 Å². The van der Waals surface area contributed by atoms with E-state index in [9.17, 15) is 15.2 Å². The normalized spacial score (nSPS) is 29.7. The van der Waals surface area contributed by atoms with Crippen LogP contribution in [0.3, 0.4) is 0 Å². The van der Waals surface area contributed by atoms with Gasteiger partial charge in [0.25, 0.3) is 0 Å². The summed E-state index contributed by atoms with van der Waals surface area (Å²) in [6.45, 7) is 5.64. The Morgan fingerprint density at radius 1 is 1.58 bits per heavy atom. The van der Waals surface area contributed by atoms with Crippen LogP contribution in [-0.4, -0.2) is 22.2 Å². The first-order valence-electron chi connectivity index (χ1n) is 6.49. The van der Waals surface area contributed by atoms with Crippen molar-refractivity contribution in [2.45, 2.75) is 45.8 Å². The summed E-state index contributed by atoms with van der Waals surface area (Å²) in [6, 6.07) is 5.06. The number of nitrogens with zero attached hydrogens (tertiary/aromatic N) is 1. The fraction of sp³-hybridized carbons (Fsp3) is 0.571.